The molecule has 0 aliphatic carbocycles. The molecular weight excluding hydrogens is 262 g/mol. The molecule has 3 heterocycles. The Kier molecular flexibility index (Phi) is 3.11. The molecule has 2 fully saturated rings. The molecule has 108 valence electrons. The molecule has 1 aromatic carbocycles. The highest BCUT2D eigenvalue weighted by Gasteiger charge is 2.36. The van der Waals surface area contributed by atoms with Gasteiger partial charge in [-0.05, 0) is 30.5 Å². The molecule has 0 N–H and O–H groups in total. The molecule has 1 unspecified atom stereocenters. The van der Waals surface area contributed by atoms with E-state index in [0.29, 0.717) is 18.5 Å². The van der Waals surface area contributed by atoms with Gasteiger partial charge < -0.3 is 4.90 Å². The highest BCUT2D eigenvalue weighted by atomic mass is 16.2. The second kappa shape index (κ2) is 5.11. The summed E-state index contributed by atoms with van der Waals surface area (Å²) in [6.07, 6.45) is 5.16. The lowest BCUT2D eigenvalue weighted by Crippen LogP contribution is -2.52. The van der Waals surface area contributed by atoms with Crippen LogP contribution in [0.15, 0.2) is 36.5 Å². The summed E-state index contributed by atoms with van der Waals surface area (Å²) >= 11 is 0. The molecule has 1 aromatic heterocycles. The quantitative estimate of drug-likeness (QED) is 0.848. The number of carbonyl (C=O) groups is 1. The highest BCUT2D eigenvalue weighted by Crippen LogP contribution is 2.27. The van der Waals surface area contributed by atoms with E-state index < -0.39 is 0 Å². The topological polar surface area (TPSA) is 36.4 Å². The number of benzene rings is 1. The Morgan fingerprint density at radius 2 is 2.14 bits per heavy atom. The average Bonchev–Trinajstić information content (AvgIpc) is 3.01. The van der Waals surface area contributed by atoms with Crippen molar-refractivity contribution in [3.05, 3.63) is 42.1 Å². The second-order valence-electron chi connectivity index (χ2n) is 5.97. The number of amides is 1. The largest absolute Gasteiger partial charge is 0.327 e. The number of hydrogen-bond donors (Lipinski definition) is 0. The third-order valence-corrected chi connectivity index (χ3v) is 4.61. The van der Waals surface area contributed by atoms with Gasteiger partial charge in [-0.2, -0.15) is 0 Å². The lowest BCUT2D eigenvalue weighted by atomic mass is 10.1. The molecule has 0 bridgehead atoms. The van der Waals surface area contributed by atoms with Gasteiger partial charge in [0.25, 0.3) is 0 Å². The molecule has 0 spiro atoms. The first-order valence-corrected chi connectivity index (χ1v) is 7.68. The molecule has 2 aliphatic rings. The number of fused-ring (bicyclic) bond motifs is 2. The normalized spacial score (nSPS) is 22.8. The van der Waals surface area contributed by atoms with E-state index in [9.17, 15) is 4.79 Å². The molecule has 1 amide bonds. The van der Waals surface area contributed by atoms with E-state index in [-0.39, 0.29) is 0 Å². The summed E-state index contributed by atoms with van der Waals surface area (Å²) in [5, 5.41) is 1.19. The fourth-order valence-electron chi connectivity index (χ4n) is 3.57. The van der Waals surface area contributed by atoms with Crippen LogP contribution in [0.5, 0.6) is 0 Å². The summed E-state index contributed by atoms with van der Waals surface area (Å²) in [5.41, 5.74) is 2.27. The summed E-state index contributed by atoms with van der Waals surface area (Å²) in [7, 11) is 0. The van der Waals surface area contributed by atoms with Crippen LogP contribution in [-0.4, -0.2) is 39.9 Å². The van der Waals surface area contributed by atoms with E-state index in [1.54, 1.807) is 0 Å². The Hall–Kier alpha value is -1.94. The summed E-state index contributed by atoms with van der Waals surface area (Å²) in [4.78, 5) is 21.0. The number of pyridine rings is 1. The Morgan fingerprint density at radius 3 is 3.10 bits per heavy atom. The molecule has 2 aliphatic heterocycles. The molecule has 1 atom stereocenters. The maximum atomic E-state index is 11.9. The molecule has 2 saturated heterocycles. The van der Waals surface area contributed by atoms with Crippen molar-refractivity contribution < 1.29 is 4.79 Å². The van der Waals surface area contributed by atoms with E-state index in [1.807, 2.05) is 24.4 Å². The van der Waals surface area contributed by atoms with Crippen molar-refractivity contribution in [2.75, 3.05) is 13.1 Å². The summed E-state index contributed by atoms with van der Waals surface area (Å²) in [6, 6.07) is 10.4. The monoisotopic (exact) mass is 281 g/mol. The fraction of sp³-hybridized carbons (Fsp3) is 0.412. The second-order valence-corrected chi connectivity index (χ2v) is 5.97. The molecular formula is C17H19N3O. The van der Waals surface area contributed by atoms with Crippen molar-refractivity contribution in [1.29, 1.82) is 0 Å². The van der Waals surface area contributed by atoms with Crippen molar-refractivity contribution in [3.8, 4) is 0 Å². The van der Waals surface area contributed by atoms with Crippen LogP contribution in [-0.2, 0) is 11.3 Å². The first kappa shape index (κ1) is 12.8. The van der Waals surface area contributed by atoms with E-state index in [1.165, 1.54) is 10.9 Å². The Balaban J connectivity index is 1.58. The van der Waals surface area contributed by atoms with Gasteiger partial charge in [-0.3, -0.25) is 14.7 Å². The first-order chi connectivity index (χ1) is 10.3. The number of para-hydroxylation sites is 1. The zero-order chi connectivity index (χ0) is 14.2. The Morgan fingerprint density at radius 1 is 1.24 bits per heavy atom. The van der Waals surface area contributed by atoms with Crippen LogP contribution in [0, 0.1) is 0 Å². The maximum absolute atomic E-state index is 11.9. The van der Waals surface area contributed by atoms with Crippen LogP contribution < -0.4 is 0 Å². The van der Waals surface area contributed by atoms with Crippen LogP contribution in [0.4, 0.5) is 0 Å². The van der Waals surface area contributed by atoms with Gasteiger partial charge in [-0.1, -0.05) is 18.2 Å². The van der Waals surface area contributed by atoms with E-state index in [0.717, 1.165) is 38.0 Å². The van der Waals surface area contributed by atoms with E-state index in [2.05, 4.69) is 26.9 Å². The minimum Gasteiger partial charge on any atom is -0.327 e. The number of aromatic nitrogens is 1. The van der Waals surface area contributed by atoms with Crippen molar-refractivity contribution in [1.82, 2.24) is 14.8 Å². The lowest BCUT2D eigenvalue weighted by molar-refractivity contribution is -0.141. The van der Waals surface area contributed by atoms with Crippen molar-refractivity contribution in [2.24, 2.45) is 0 Å². The fourth-order valence-corrected chi connectivity index (χ4v) is 3.57. The predicted octanol–water partition coefficient (Wildman–Crippen LogP) is 2.39. The van der Waals surface area contributed by atoms with Gasteiger partial charge in [0, 0.05) is 37.6 Å². The Bertz CT molecular complexity index is 685. The minimum atomic E-state index is 0.303. The van der Waals surface area contributed by atoms with Gasteiger partial charge in [-0.15, -0.1) is 0 Å². The third-order valence-electron chi connectivity index (χ3n) is 4.61. The van der Waals surface area contributed by atoms with Gasteiger partial charge in [-0.25, -0.2) is 0 Å². The molecule has 0 radical (unpaired) electrons. The van der Waals surface area contributed by atoms with E-state index in [4.69, 9.17) is 0 Å². The van der Waals surface area contributed by atoms with Crippen molar-refractivity contribution in [2.45, 2.75) is 32.0 Å². The van der Waals surface area contributed by atoms with Gasteiger partial charge in [0.1, 0.15) is 0 Å². The van der Waals surface area contributed by atoms with Crippen LogP contribution in [0.3, 0.4) is 0 Å². The lowest BCUT2D eigenvalue weighted by Gasteiger charge is -2.39. The molecule has 2 aromatic rings. The number of carbonyl (C=O) groups excluding carboxylic acids is 1. The average molecular weight is 281 g/mol. The Labute approximate surface area is 124 Å². The summed E-state index contributed by atoms with van der Waals surface area (Å²) in [6.45, 7) is 2.68. The molecule has 4 rings (SSSR count). The predicted molar refractivity (Wildman–Crippen MR) is 81.5 cm³/mol. The third kappa shape index (κ3) is 2.29. The van der Waals surface area contributed by atoms with Gasteiger partial charge in [0.15, 0.2) is 0 Å². The molecule has 21 heavy (non-hydrogen) atoms. The zero-order valence-corrected chi connectivity index (χ0v) is 12.0. The number of rotatable bonds is 2. The van der Waals surface area contributed by atoms with Crippen LogP contribution in [0.25, 0.3) is 10.9 Å². The highest BCUT2D eigenvalue weighted by molar-refractivity contribution is 5.79. The smallest absolute Gasteiger partial charge is 0.225 e. The van der Waals surface area contributed by atoms with Gasteiger partial charge in [0.05, 0.1) is 11.7 Å². The van der Waals surface area contributed by atoms with Gasteiger partial charge >= 0.3 is 0 Å². The van der Waals surface area contributed by atoms with Gasteiger partial charge in [0.2, 0.25) is 5.91 Å². The zero-order valence-electron chi connectivity index (χ0n) is 12.0. The molecule has 0 saturated carbocycles. The maximum Gasteiger partial charge on any atom is 0.225 e. The molecule has 4 heteroatoms. The first-order valence-electron chi connectivity index (χ1n) is 7.68. The standard InChI is InChI=1S/C17H19N3O/c21-17-7-9-19(16-6-3-8-20(16)17)12-13-10-14-4-1-2-5-15(14)18-11-13/h1-2,4-5,10-11,16H,3,6-9,12H2. The van der Waals surface area contributed by atoms with E-state index >= 15 is 0 Å². The van der Waals surface area contributed by atoms with Crippen molar-refractivity contribution in [3.63, 3.8) is 0 Å². The van der Waals surface area contributed by atoms with Crippen LogP contribution >= 0.6 is 0 Å². The molecule has 4 nitrogen and oxygen atoms in total. The summed E-state index contributed by atoms with van der Waals surface area (Å²) < 4.78 is 0. The van der Waals surface area contributed by atoms with Crippen molar-refractivity contribution >= 4 is 16.8 Å². The minimum absolute atomic E-state index is 0.303. The summed E-state index contributed by atoms with van der Waals surface area (Å²) in [5.74, 6) is 0.324. The number of hydrogen-bond acceptors (Lipinski definition) is 3. The number of nitrogens with zero attached hydrogens (tertiary/aromatic N) is 3. The SMILES string of the molecule is O=C1CCN(Cc2cnc3ccccc3c2)C2CCCN12. The van der Waals surface area contributed by atoms with Crippen LogP contribution in [0.1, 0.15) is 24.8 Å². The van der Waals surface area contributed by atoms with Crippen LogP contribution in [0.2, 0.25) is 0 Å².